The number of allylic oxidation sites excluding steroid dienone is 2. The number of hydrogen-bond donors (Lipinski definition) is 0. The minimum Gasteiger partial charge on any atom is -0.0786 e. The molecule has 1 atom stereocenters. The van der Waals surface area contributed by atoms with E-state index in [9.17, 15) is 0 Å². The minimum absolute atomic E-state index is 0.149. The molecule has 0 fully saturated rings. The highest BCUT2D eigenvalue weighted by molar-refractivity contribution is 9.10. The monoisotopic (exact) mass is 518 g/mol. The van der Waals surface area contributed by atoms with E-state index >= 15 is 0 Å². The van der Waals surface area contributed by atoms with Crippen molar-refractivity contribution in [1.82, 2.24) is 0 Å². The molecular formula is C28H24Br2. The van der Waals surface area contributed by atoms with Crippen molar-refractivity contribution in [2.24, 2.45) is 10.8 Å². The van der Waals surface area contributed by atoms with Crippen LogP contribution in [0.2, 0.25) is 0 Å². The first kappa shape index (κ1) is 19.1. The predicted octanol–water partition coefficient (Wildman–Crippen LogP) is 7.01. The zero-order valence-electron chi connectivity index (χ0n) is 17.7. The Morgan fingerprint density at radius 2 is 1.73 bits per heavy atom. The predicted molar refractivity (Wildman–Crippen MR) is 134 cm³/mol. The summed E-state index contributed by atoms with van der Waals surface area (Å²) in [4.78, 5) is 0.250. The highest BCUT2D eigenvalue weighted by Gasteiger charge is 2.43. The van der Waals surface area contributed by atoms with Gasteiger partial charge in [0.25, 0.3) is 0 Å². The topological polar surface area (TPSA) is 0 Å². The molecular weight excluding hydrogens is 496 g/mol. The van der Waals surface area contributed by atoms with Gasteiger partial charge < -0.3 is 0 Å². The average Bonchev–Trinajstić information content (AvgIpc) is 3.17. The lowest BCUT2D eigenvalue weighted by atomic mass is 9.64. The highest BCUT2D eigenvalue weighted by Crippen LogP contribution is 2.56. The first-order valence-electron chi connectivity index (χ1n) is 10.7. The number of fused-ring (bicyclic) bond motifs is 7. The van der Waals surface area contributed by atoms with E-state index < -0.39 is 0 Å². The van der Waals surface area contributed by atoms with Crippen LogP contribution in [0.3, 0.4) is 0 Å². The molecule has 1 unspecified atom stereocenters. The van der Waals surface area contributed by atoms with E-state index in [1.807, 2.05) is 0 Å². The van der Waals surface area contributed by atoms with Gasteiger partial charge in [-0.2, -0.15) is 0 Å². The van der Waals surface area contributed by atoms with Crippen LogP contribution < -0.4 is 10.4 Å². The molecule has 0 saturated carbocycles. The van der Waals surface area contributed by atoms with Gasteiger partial charge in [-0.05, 0) is 78.1 Å². The smallest absolute Gasteiger partial charge is 0.0656 e. The van der Waals surface area contributed by atoms with E-state index in [0.29, 0.717) is 0 Å². The fourth-order valence-corrected chi connectivity index (χ4v) is 7.95. The Hall–Kier alpha value is -1.64. The molecule has 3 aromatic rings. The second-order valence-electron chi connectivity index (χ2n) is 10.4. The summed E-state index contributed by atoms with van der Waals surface area (Å²) >= 11 is 8.12. The van der Waals surface area contributed by atoms with Gasteiger partial charge in [0.2, 0.25) is 0 Å². The molecule has 0 N–H and O–H groups in total. The van der Waals surface area contributed by atoms with Crippen molar-refractivity contribution in [2.75, 3.05) is 0 Å². The summed E-state index contributed by atoms with van der Waals surface area (Å²) in [5, 5.41) is 8.09. The molecule has 0 bridgehead atoms. The third-order valence-corrected chi connectivity index (χ3v) is 8.65. The maximum Gasteiger partial charge on any atom is 0.0656 e. The summed E-state index contributed by atoms with van der Waals surface area (Å²) < 4.78 is 1.21. The van der Waals surface area contributed by atoms with Gasteiger partial charge in [0, 0.05) is 9.69 Å². The van der Waals surface area contributed by atoms with Crippen LogP contribution >= 0.6 is 31.9 Å². The third kappa shape index (κ3) is 2.44. The SMILES string of the molecule is CC1(C)C=C2C(=c3cc(Br)c4c(c3C2Br)C=c2ccc3ccccc3c2=4)C(C)(C)C1. The Morgan fingerprint density at radius 3 is 2.53 bits per heavy atom. The molecule has 2 heteroatoms. The molecule has 150 valence electrons. The van der Waals surface area contributed by atoms with E-state index in [4.69, 9.17) is 0 Å². The van der Waals surface area contributed by atoms with E-state index in [2.05, 4.69) is 114 Å². The van der Waals surface area contributed by atoms with Crippen molar-refractivity contribution in [1.29, 1.82) is 0 Å². The van der Waals surface area contributed by atoms with Crippen molar-refractivity contribution in [3.05, 3.63) is 90.6 Å². The van der Waals surface area contributed by atoms with Crippen LogP contribution in [0.25, 0.3) is 22.4 Å². The Morgan fingerprint density at radius 1 is 0.967 bits per heavy atom. The Kier molecular flexibility index (Phi) is 3.81. The fourth-order valence-electron chi connectivity index (χ4n) is 6.45. The van der Waals surface area contributed by atoms with Crippen LogP contribution in [-0.2, 0) is 0 Å². The maximum absolute atomic E-state index is 4.13. The van der Waals surface area contributed by atoms with Crippen molar-refractivity contribution >= 4 is 54.3 Å². The lowest BCUT2D eigenvalue weighted by Crippen LogP contribution is -2.30. The summed E-state index contributed by atoms with van der Waals surface area (Å²) in [6, 6.07) is 15.7. The van der Waals surface area contributed by atoms with Gasteiger partial charge in [0.15, 0.2) is 0 Å². The molecule has 6 rings (SSSR count). The average molecular weight is 520 g/mol. The van der Waals surface area contributed by atoms with E-state index in [1.165, 1.54) is 64.8 Å². The molecule has 0 spiro atoms. The van der Waals surface area contributed by atoms with Gasteiger partial charge in [-0.25, -0.2) is 0 Å². The molecule has 0 aliphatic heterocycles. The normalized spacial score (nSPS) is 22.1. The number of halogens is 2. The number of alkyl halides is 1. The van der Waals surface area contributed by atoms with E-state index in [1.54, 1.807) is 0 Å². The van der Waals surface area contributed by atoms with Crippen LogP contribution in [0.5, 0.6) is 0 Å². The maximum atomic E-state index is 4.13. The molecule has 3 aliphatic carbocycles. The number of rotatable bonds is 0. The quantitative estimate of drug-likeness (QED) is 0.219. The van der Waals surface area contributed by atoms with Crippen LogP contribution in [0.15, 0.2) is 58.6 Å². The van der Waals surface area contributed by atoms with Gasteiger partial charge in [0.1, 0.15) is 0 Å². The Balaban J connectivity index is 1.83. The number of hydrogen-bond acceptors (Lipinski definition) is 0. The first-order chi connectivity index (χ1) is 14.2. The fraction of sp³-hybridized carbons (Fsp3) is 0.286. The molecule has 0 aromatic heterocycles. The van der Waals surface area contributed by atoms with Gasteiger partial charge in [0.05, 0.1) is 4.83 Å². The lowest BCUT2D eigenvalue weighted by Gasteiger charge is -2.41. The molecule has 3 aromatic carbocycles. The zero-order chi connectivity index (χ0) is 21.0. The highest BCUT2D eigenvalue weighted by atomic mass is 79.9. The van der Waals surface area contributed by atoms with Crippen LogP contribution in [0.4, 0.5) is 0 Å². The summed E-state index contributed by atoms with van der Waals surface area (Å²) in [6.07, 6.45) is 6.09. The van der Waals surface area contributed by atoms with E-state index in [-0.39, 0.29) is 15.7 Å². The Bertz CT molecular complexity index is 1530. The zero-order valence-corrected chi connectivity index (χ0v) is 20.9. The molecule has 0 nitrogen and oxygen atoms in total. The summed E-state index contributed by atoms with van der Waals surface area (Å²) in [5.74, 6) is 0. The molecule has 0 amide bonds. The minimum atomic E-state index is 0.149. The number of benzene rings is 3. The van der Waals surface area contributed by atoms with Gasteiger partial charge >= 0.3 is 0 Å². The van der Waals surface area contributed by atoms with Crippen molar-refractivity contribution in [3.8, 4) is 0 Å². The van der Waals surface area contributed by atoms with Crippen molar-refractivity contribution in [3.63, 3.8) is 0 Å². The lowest BCUT2D eigenvalue weighted by molar-refractivity contribution is 0.292. The largest absolute Gasteiger partial charge is 0.0786 e. The van der Waals surface area contributed by atoms with Crippen molar-refractivity contribution in [2.45, 2.75) is 38.9 Å². The van der Waals surface area contributed by atoms with Crippen LogP contribution in [0, 0.1) is 21.3 Å². The summed E-state index contributed by atoms with van der Waals surface area (Å²) in [6.45, 7) is 9.57. The second kappa shape index (κ2) is 5.99. The standard InChI is InChI=1S/C28H24Br2/c1-27(2)13-20-25(28(3,4)14-27)19-12-21(29)24-18(23(19)26(20)30)11-16-10-9-15-7-5-6-8-17(15)22(16)24/h5-13,26H,14H2,1-4H3. The van der Waals surface area contributed by atoms with Gasteiger partial charge in [-0.1, -0.05) is 102 Å². The van der Waals surface area contributed by atoms with Gasteiger partial charge in [-0.3, -0.25) is 0 Å². The third-order valence-electron chi connectivity index (χ3n) is 7.08. The second-order valence-corrected chi connectivity index (χ2v) is 12.2. The van der Waals surface area contributed by atoms with Crippen LogP contribution in [-0.4, -0.2) is 0 Å². The van der Waals surface area contributed by atoms with Crippen LogP contribution in [0.1, 0.15) is 50.1 Å². The molecule has 30 heavy (non-hydrogen) atoms. The first-order valence-corrected chi connectivity index (χ1v) is 12.4. The molecule has 3 aliphatic rings. The van der Waals surface area contributed by atoms with Crippen molar-refractivity contribution < 1.29 is 0 Å². The Labute approximate surface area is 194 Å². The van der Waals surface area contributed by atoms with Gasteiger partial charge in [-0.15, -0.1) is 0 Å². The molecule has 0 saturated heterocycles. The summed E-state index contributed by atoms with van der Waals surface area (Å²) in [5.41, 5.74) is 6.18. The molecule has 0 heterocycles. The van der Waals surface area contributed by atoms with E-state index in [0.717, 1.165) is 0 Å². The molecule has 0 radical (unpaired) electrons. The summed E-state index contributed by atoms with van der Waals surface area (Å²) in [7, 11) is 0.